The van der Waals surface area contributed by atoms with Gasteiger partial charge in [-0.25, -0.2) is 0 Å². The molecule has 1 amide bonds. The van der Waals surface area contributed by atoms with E-state index in [1.165, 1.54) is 5.56 Å². The average Bonchev–Trinajstić information content (AvgIpc) is 2.48. The summed E-state index contributed by atoms with van der Waals surface area (Å²) in [6.45, 7) is 5.97. The van der Waals surface area contributed by atoms with Crippen LogP contribution in [0.5, 0.6) is 0 Å². The summed E-state index contributed by atoms with van der Waals surface area (Å²) >= 11 is 0. The minimum absolute atomic E-state index is 0.0573. The first-order chi connectivity index (χ1) is 9.61. The van der Waals surface area contributed by atoms with Crippen molar-refractivity contribution in [1.29, 1.82) is 0 Å². The maximum Gasteiger partial charge on any atom is 0.253 e. The lowest BCUT2D eigenvalue weighted by atomic mass is 10.0. The number of nitrogens with zero attached hydrogens (tertiary/aromatic N) is 1. The summed E-state index contributed by atoms with van der Waals surface area (Å²) < 4.78 is 5.51. The minimum Gasteiger partial charge on any atom is -0.394 e. The zero-order chi connectivity index (χ0) is 14.5. The molecule has 0 atom stereocenters. The molecule has 0 radical (unpaired) electrons. The highest BCUT2D eigenvalue weighted by molar-refractivity contribution is 5.94. The van der Waals surface area contributed by atoms with Crippen LogP contribution in [0.25, 0.3) is 0 Å². The second-order valence-electron chi connectivity index (χ2n) is 5.38. The quantitative estimate of drug-likeness (QED) is 0.914. The summed E-state index contributed by atoms with van der Waals surface area (Å²) in [6.07, 6.45) is 1.86. The van der Waals surface area contributed by atoms with Gasteiger partial charge in [-0.1, -0.05) is 6.07 Å². The van der Waals surface area contributed by atoms with E-state index in [1.807, 2.05) is 36.9 Å². The van der Waals surface area contributed by atoms with Crippen LogP contribution in [-0.4, -0.2) is 48.3 Å². The SMILES string of the molecule is Cc1ccc(C(=O)N2CCC(OCCO)CC2)cc1C. The fourth-order valence-corrected chi connectivity index (χ4v) is 2.50. The Kier molecular flexibility index (Phi) is 5.15. The molecule has 1 aromatic carbocycles. The monoisotopic (exact) mass is 277 g/mol. The number of carbonyl (C=O) groups is 1. The maximum atomic E-state index is 12.4. The molecule has 2 rings (SSSR count). The number of rotatable bonds is 4. The molecule has 110 valence electrons. The van der Waals surface area contributed by atoms with Crippen molar-refractivity contribution in [3.05, 3.63) is 34.9 Å². The predicted octanol–water partition coefficient (Wildman–Crippen LogP) is 1.92. The first-order valence-electron chi connectivity index (χ1n) is 7.21. The van der Waals surface area contributed by atoms with E-state index in [2.05, 4.69) is 0 Å². The molecule has 0 aliphatic carbocycles. The molecular weight excluding hydrogens is 254 g/mol. The van der Waals surface area contributed by atoms with E-state index < -0.39 is 0 Å². The van der Waals surface area contributed by atoms with Crippen LogP contribution in [0.2, 0.25) is 0 Å². The lowest BCUT2D eigenvalue weighted by Crippen LogP contribution is -2.41. The molecule has 1 saturated heterocycles. The van der Waals surface area contributed by atoms with Gasteiger partial charge in [0.05, 0.1) is 19.3 Å². The molecule has 0 bridgehead atoms. The number of benzene rings is 1. The molecule has 1 aliphatic heterocycles. The van der Waals surface area contributed by atoms with Crippen LogP contribution in [0.1, 0.15) is 34.3 Å². The molecule has 0 spiro atoms. The lowest BCUT2D eigenvalue weighted by Gasteiger charge is -2.32. The second-order valence-corrected chi connectivity index (χ2v) is 5.38. The van der Waals surface area contributed by atoms with Gasteiger partial charge in [0, 0.05) is 18.7 Å². The summed E-state index contributed by atoms with van der Waals surface area (Å²) in [6, 6.07) is 5.87. The largest absolute Gasteiger partial charge is 0.394 e. The van der Waals surface area contributed by atoms with Crippen molar-refractivity contribution >= 4 is 5.91 Å². The highest BCUT2D eigenvalue weighted by Crippen LogP contribution is 2.18. The van der Waals surface area contributed by atoms with Gasteiger partial charge in [-0.15, -0.1) is 0 Å². The number of ether oxygens (including phenoxy) is 1. The van der Waals surface area contributed by atoms with Gasteiger partial charge < -0.3 is 14.7 Å². The van der Waals surface area contributed by atoms with Crippen LogP contribution >= 0.6 is 0 Å². The third-order valence-electron chi connectivity index (χ3n) is 3.93. The Bertz CT molecular complexity index is 465. The Hall–Kier alpha value is -1.39. The Morgan fingerprint density at radius 1 is 1.30 bits per heavy atom. The number of hydrogen-bond donors (Lipinski definition) is 1. The number of aryl methyl sites for hydroxylation is 2. The van der Waals surface area contributed by atoms with Crippen molar-refractivity contribution in [2.45, 2.75) is 32.8 Å². The number of hydrogen-bond acceptors (Lipinski definition) is 3. The van der Waals surface area contributed by atoms with Crippen LogP contribution in [0.15, 0.2) is 18.2 Å². The van der Waals surface area contributed by atoms with Gasteiger partial charge in [-0.3, -0.25) is 4.79 Å². The molecule has 0 saturated carbocycles. The Morgan fingerprint density at radius 3 is 2.60 bits per heavy atom. The van der Waals surface area contributed by atoms with Gasteiger partial charge in [0.15, 0.2) is 0 Å². The summed E-state index contributed by atoms with van der Waals surface area (Å²) in [4.78, 5) is 14.3. The van der Waals surface area contributed by atoms with E-state index in [0.717, 1.165) is 37.1 Å². The number of carbonyl (C=O) groups excluding carboxylic acids is 1. The minimum atomic E-state index is 0.0573. The molecule has 20 heavy (non-hydrogen) atoms. The molecule has 1 N–H and O–H groups in total. The van der Waals surface area contributed by atoms with Crippen molar-refractivity contribution in [2.75, 3.05) is 26.3 Å². The fraction of sp³-hybridized carbons (Fsp3) is 0.562. The summed E-state index contributed by atoms with van der Waals surface area (Å²) in [7, 11) is 0. The number of amides is 1. The molecule has 0 aromatic heterocycles. The van der Waals surface area contributed by atoms with Crippen molar-refractivity contribution in [3.63, 3.8) is 0 Å². The van der Waals surface area contributed by atoms with Crippen molar-refractivity contribution < 1.29 is 14.6 Å². The lowest BCUT2D eigenvalue weighted by molar-refractivity contribution is -0.00554. The van der Waals surface area contributed by atoms with Crippen molar-refractivity contribution in [3.8, 4) is 0 Å². The molecule has 4 heteroatoms. The predicted molar refractivity (Wildman–Crippen MR) is 77.9 cm³/mol. The molecule has 1 aliphatic rings. The van der Waals surface area contributed by atoms with E-state index in [4.69, 9.17) is 9.84 Å². The van der Waals surface area contributed by atoms with Crippen molar-refractivity contribution in [1.82, 2.24) is 4.90 Å². The van der Waals surface area contributed by atoms with E-state index in [0.29, 0.717) is 6.61 Å². The highest BCUT2D eigenvalue weighted by atomic mass is 16.5. The van der Waals surface area contributed by atoms with Crippen LogP contribution in [0.3, 0.4) is 0 Å². The number of likely N-dealkylation sites (tertiary alicyclic amines) is 1. The van der Waals surface area contributed by atoms with Gasteiger partial charge >= 0.3 is 0 Å². The zero-order valence-electron chi connectivity index (χ0n) is 12.3. The number of piperidine rings is 1. The van der Waals surface area contributed by atoms with Crippen LogP contribution in [0, 0.1) is 13.8 Å². The Morgan fingerprint density at radius 2 is 2.00 bits per heavy atom. The third-order valence-corrected chi connectivity index (χ3v) is 3.93. The molecular formula is C16H23NO3. The first-order valence-corrected chi connectivity index (χ1v) is 7.21. The van der Waals surface area contributed by atoms with Crippen LogP contribution in [0.4, 0.5) is 0 Å². The van der Waals surface area contributed by atoms with Crippen LogP contribution in [-0.2, 0) is 4.74 Å². The molecule has 4 nitrogen and oxygen atoms in total. The maximum absolute atomic E-state index is 12.4. The van der Waals surface area contributed by atoms with Crippen molar-refractivity contribution in [2.24, 2.45) is 0 Å². The molecule has 1 aromatic rings. The third kappa shape index (κ3) is 3.58. The van der Waals surface area contributed by atoms with Gasteiger partial charge in [-0.05, 0) is 49.9 Å². The first kappa shape index (κ1) is 15.0. The zero-order valence-corrected chi connectivity index (χ0v) is 12.3. The molecule has 1 heterocycles. The Labute approximate surface area is 120 Å². The van der Waals surface area contributed by atoms with Gasteiger partial charge in [-0.2, -0.15) is 0 Å². The van der Waals surface area contributed by atoms with Gasteiger partial charge in [0.2, 0.25) is 0 Å². The highest BCUT2D eigenvalue weighted by Gasteiger charge is 2.24. The standard InChI is InChI=1S/C16H23NO3/c1-12-3-4-14(11-13(12)2)16(19)17-7-5-15(6-8-17)20-10-9-18/h3-4,11,15,18H,5-10H2,1-2H3. The summed E-state index contributed by atoms with van der Waals surface area (Å²) in [5.41, 5.74) is 3.12. The summed E-state index contributed by atoms with van der Waals surface area (Å²) in [5, 5.41) is 8.74. The number of aliphatic hydroxyl groups is 1. The van der Waals surface area contributed by atoms with E-state index in [1.54, 1.807) is 0 Å². The smallest absolute Gasteiger partial charge is 0.253 e. The fourth-order valence-electron chi connectivity index (χ4n) is 2.50. The number of aliphatic hydroxyl groups excluding tert-OH is 1. The second kappa shape index (κ2) is 6.86. The van der Waals surface area contributed by atoms with E-state index >= 15 is 0 Å². The normalized spacial score (nSPS) is 16.4. The summed E-state index contributed by atoms with van der Waals surface area (Å²) in [5.74, 6) is 0.105. The topological polar surface area (TPSA) is 49.8 Å². The van der Waals surface area contributed by atoms with Gasteiger partial charge in [0.1, 0.15) is 0 Å². The van der Waals surface area contributed by atoms with Gasteiger partial charge in [0.25, 0.3) is 5.91 Å². The Balaban J connectivity index is 1.92. The molecule has 1 fully saturated rings. The van der Waals surface area contributed by atoms with E-state index in [9.17, 15) is 4.79 Å². The average molecular weight is 277 g/mol. The molecule has 0 unspecified atom stereocenters. The van der Waals surface area contributed by atoms with E-state index in [-0.39, 0.29) is 18.6 Å². The van der Waals surface area contributed by atoms with Crippen LogP contribution < -0.4 is 0 Å².